The summed E-state index contributed by atoms with van der Waals surface area (Å²) in [5.41, 5.74) is 5.81. The number of nitrogens with one attached hydrogen (secondary N) is 4. The second-order valence-electron chi connectivity index (χ2n) is 20.4. The van der Waals surface area contributed by atoms with Crippen molar-refractivity contribution in [1.29, 1.82) is 0 Å². The zero-order valence-electron chi connectivity index (χ0n) is 44.9. The fraction of sp³-hybridized carbons (Fsp3) is 0.431. The van der Waals surface area contributed by atoms with Crippen molar-refractivity contribution in [2.24, 2.45) is 13.0 Å². The van der Waals surface area contributed by atoms with Crippen LogP contribution in [0.15, 0.2) is 103 Å². The van der Waals surface area contributed by atoms with Crippen LogP contribution in [-0.4, -0.2) is 98.8 Å². The summed E-state index contributed by atoms with van der Waals surface area (Å²) in [5, 5.41) is 32.4. The maximum Gasteiger partial charge on any atom is 0.251 e. The Bertz CT molecular complexity index is 3130. The van der Waals surface area contributed by atoms with E-state index in [1.165, 1.54) is 23.2 Å². The number of rotatable bonds is 25. The number of amides is 3. The Kier molecular flexibility index (Phi) is 18.8. The van der Waals surface area contributed by atoms with Gasteiger partial charge < -0.3 is 35.5 Å². The number of nitrogens with zero attached hydrogens (tertiary/aromatic N) is 10. The average Bonchev–Trinajstić information content (AvgIpc) is 4.36. The molecule has 9 rings (SSSR count). The molecule has 0 radical (unpaired) electrons. The largest absolute Gasteiger partial charge is 0.487 e. The number of hydrogen-bond acceptors (Lipinski definition) is 15. The number of ether oxygens (including phenoxy) is 1. The lowest BCUT2D eigenvalue weighted by Gasteiger charge is -2.35. The van der Waals surface area contributed by atoms with Crippen LogP contribution >= 0.6 is 11.3 Å². The molecule has 5 heterocycles. The molecule has 1 aliphatic carbocycles. The highest BCUT2D eigenvalue weighted by atomic mass is 32.1. The molecule has 4 N–H and O–H groups in total. The van der Waals surface area contributed by atoms with Crippen LogP contribution in [-0.2, 0) is 42.8 Å². The number of likely N-dealkylation sites (tertiary alicyclic amines) is 1. The van der Waals surface area contributed by atoms with E-state index in [2.05, 4.69) is 76.0 Å². The summed E-state index contributed by atoms with van der Waals surface area (Å²) in [7, 11) is 3.63. The average molecular weight is 1080 g/mol. The Balaban J connectivity index is 0.686. The summed E-state index contributed by atoms with van der Waals surface area (Å²) in [6.45, 7) is 5.75. The topological polar surface area (TPSA) is 229 Å². The van der Waals surface area contributed by atoms with Crippen LogP contribution in [0.4, 0.5) is 5.69 Å². The lowest BCUT2D eigenvalue weighted by Crippen LogP contribution is -2.55. The molecule has 1 aliphatic heterocycles. The normalized spacial score (nSPS) is 15.8. The molecule has 7 aromatic rings. The van der Waals surface area contributed by atoms with Crippen molar-refractivity contribution in [2.75, 3.05) is 18.9 Å². The number of carbonyl (C=O) groups excluding carboxylic acids is 4. The standard InChI is InChI=1S/C58H70N14O5S/c1-38(63-56(75)44-22-13-23-45(31-44)61-33-51-67-68-54(70(51)4)48-26-27-60-37-62-48)42-20-12-17-40(30-42)16-8-5-6-11-28-71-34-46(66-69-71)35-77-47-24-14-21-43(32-47)53(73)49-36-78-57(64-49)50-25-15-29-72(50)58(76)52(41-18-9-7-10-19-41)65-55(74)39(2)59-3/h12-14,17,20-24,26-27,30-32,34,36-39,41,50,52,59,61H,5-11,15-16,18-19,25,28-29,33,35H2,1-4H3,(H,63,75)(H,65,74)/t38-,39+,50+,52+/m1/s1. The molecule has 2 fully saturated rings. The lowest BCUT2D eigenvalue weighted by molar-refractivity contribution is -0.139. The predicted molar refractivity (Wildman–Crippen MR) is 297 cm³/mol. The van der Waals surface area contributed by atoms with Gasteiger partial charge in [-0.2, -0.15) is 0 Å². The van der Waals surface area contributed by atoms with Crippen molar-refractivity contribution in [1.82, 2.24) is 65.6 Å². The van der Waals surface area contributed by atoms with Gasteiger partial charge in [0.25, 0.3) is 5.91 Å². The number of anilines is 1. The number of carbonyl (C=O) groups is 4. The Hall–Kier alpha value is -7.71. The fourth-order valence-electron chi connectivity index (χ4n) is 10.3. The Morgan fingerprint density at radius 1 is 0.846 bits per heavy atom. The molecule has 0 unspecified atom stereocenters. The summed E-state index contributed by atoms with van der Waals surface area (Å²) >= 11 is 1.40. The van der Waals surface area contributed by atoms with Crippen LogP contribution in [0.25, 0.3) is 11.5 Å². The van der Waals surface area contributed by atoms with Gasteiger partial charge in [0.2, 0.25) is 17.6 Å². The van der Waals surface area contributed by atoms with Gasteiger partial charge in [0, 0.05) is 48.5 Å². The van der Waals surface area contributed by atoms with Crippen molar-refractivity contribution in [3.8, 4) is 17.3 Å². The minimum absolute atomic E-state index is 0.0580. The molecule has 3 aromatic carbocycles. The number of ketones is 1. The zero-order valence-corrected chi connectivity index (χ0v) is 45.8. The van der Waals surface area contributed by atoms with Crippen LogP contribution in [0.3, 0.4) is 0 Å². The van der Waals surface area contributed by atoms with Crippen molar-refractivity contribution in [2.45, 2.75) is 135 Å². The molecule has 2 aliphatic rings. The molecule has 408 valence electrons. The summed E-state index contributed by atoms with van der Waals surface area (Å²) in [4.78, 5) is 69.4. The highest BCUT2D eigenvalue weighted by molar-refractivity contribution is 7.10. The van der Waals surface area contributed by atoms with Gasteiger partial charge in [0.1, 0.15) is 46.8 Å². The second kappa shape index (κ2) is 26.6. The van der Waals surface area contributed by atoms with E-state index < -0.39 is 12.1 Å². The lowest BCUT2D eigenvalue weighted by atomic mass is 9.83. The van der Waals surface area contributed by atoms with Gasteiger partial charge in [0.15, 0.2) is 11.6 Å². The quantitative estimate of drug-likeness (QED) is 0.0312. The predicted octanol–water partition coefficient (Wildman–Crippen LogP) is 8.37. The minimum Gasteiger partial charge on any atom is -0.487 e. The zero-order chi connectivity index (χ0) is 54.4. The first kappa shape index (κ1) is 55.1. The van der Waals surface area contributed by atoms with Gasteiger partial charge in [-0.05, 0) is 119 Å². The molecule has 78 heavy (non-hydrogen) atoms. The van der Waals surface area contributed by atoms with Crippen LogP contribution < -0.4 is 26.0 Å². The third-order valence-electron chi connectivity index (χ3n) is 14.9. The summed E-state index contributed by atoms with van der Waals surface area (Å²) < 4.78 is 9.82. The van der Waals surface area contributed by atoms with Crippen molar-refractivity contribution < 1.29 is 23.9 Å². The number of thiazole rings is 1. The molecular formula is C58H70N14O5S. The van der Waals surface area contributed by atoms with Gasteiger partial charge in [-0.15, -0.1) is 26.6 Å². The smallest absolute Gasteiger partial charge is 0.251 e. The molecule has 19 nitrogen and oxygen atoms in total. The number of likely N-dealkylation sites (N-methyl/N-ethyl adjacent to an activating group) is 1. The van der Waals surface area contributed by atoms with Gasteiger partial charge in [-0.1, -0.05) is 79.8 Å². The van der Waals surface area contributed by atoms with Gasteiger partial charge in [0.05, 0.1) is 30.9 Å². The van der Waals surface area contributed by atoms with Gasteiger partial charge >= 0.3 is 0 Å². The number of hydrogen-bond donors (Lipinski definition) is 4. The van der Waals surface area contributed by atoms with Crippen molar-refractivity contribution in [3.63, 3.8) is 0 Å². The monoisotopic (exact) mass is 1070 g/mol. The van der Waals surface area contributed by atoms with E-state index in [0.717, 1.165) is 106 Å². The SMILES string of the molecule is CN[C@@H](C)C(=O)N[C@H](C(=O)N1CCC[C@H]1c1nc(C(=O)c2cccc(OCc3cn(CCCCCCc4cccc([C@@H](C)NC(=O)c5cccc(NCc6nnc(-c7ccncn7)n6C)c5)c4)nn3)c2)cs1)C1CCCCC1. The highest BCUT2D eigenvalue weighted by Crippen LogP contribution is 2.37. The minimum atomic E-state index is -0.584. The first-order chi connectivity index (χ1) is 38.0. The Morgan fingerprint density at radius 3 is 2.50 bits per heavy atom. The molecular weight excluding hydrogens is 1000 g/mol. The first-order valence-electron chi connectivity index (χ1n) is 27.3. The molecule has 4 atom stereocenters. The van der Waals surface area contributed by atoms with Crippen LogP contribution in [0.2, 0.25) is 0 Å². The Labute approximate surface area is 459 Å². The van der Waals surface area contributed by atoms with E-state index in [0.29, 0.717) is 52.9 Å². The first-order valence-corrected chi connectivity index (χ1v) is 28.2. The number of unbranched alkanes of at least 4 members (excludes halogenated alkanes) is 3. The third-order valence-corrected chi connectivity index (χ3v) is 15.9. The number of benzene rings is 3. The number of aryl methyl sites for hydroxylation is 2. The molecule has 3 amide bonds. The van der Waals surface area contributed by atoms with E-state index in [9.17, 15) is 19.2 Å². The van der Waals surface area contributed by atoms with Crippen LogP contribution in [0, 0.1) is 5.92 Å². The second-order valence-corrected chi connectivity index (χ2v) is 21.3. The maximum absolute atomic E-state index is 14.3. The summed E-state index contributed by atoms with van der Waals surface area (Å²) in [6, 6.07) is 23.3. The third kappa shape index (κ3) is 14.1. The highest BCUT2D eigenvalue weighted by Gasteiger charge is 2.40. The summed E-state index contributed by atoms with van der Waals surface area (Å²) in [5.74, 6) is 1.40. The van der Waals surface area contributed by atoms with Gasteiger partial charge in [-0.25, -0.2) is 15.0 Å². The number of aromatic nitrogens is 9. The van der Waals surface area contributed by atoms with E-state index >= 15 is 0 Å². The maximum atomic E-state index is 14.3. The molecule has 0 bridgehead atoms. The van der Waals surface area contributed by atoms with E-state index in [-0.39, 0.29) is 48.1 Å². The molecule has 4 aromatic heterocycles. The Morgan fingerprint density at radius 2 is 1.67 bits per heavy atom. The van der Waals surface area contributed by atoms with Crippen molar-refractivity contribution in [3.05, 3.63) is 147 Å². The van der Waals surface area contributed by atoms with Gasteiger partial charge in [-0.3, -0.25) is 23.9 Å². The van der Waals surface area contributed by atoms with Crippen molar-refractivity contribution >= 4 is 40.5 Å². The van der Waals surface area contributed by atoms with E-state index in [1.54, 1.807) is 49.8 Å². The van der Waals surface area contributed by atoms with E-state index in [1.807, 2.05) is 64.6 Å². The summed E-state index contributed by atoms with van der Waals surface area (Å²) in [6.07, 6.45) is 16.8. The molecule has 1 saturated carbocycles. The molecule has 0 spiro atoms. The van der Waals surface area contributed by atoms with Crippen LogP contribution in [0.1, 0.15) is 151 Å². The fourth-order valence-corrected chi connectivity index (χ4v) is 11.2. The molecule has 20 heteroatoms. The van der Waals surface area contributed by atoms with E-state index in [4.69, 9.17) is 9.72 Å². The van der Waals surface area contributed by atoms with Crippen LogP contribution in [0.5, 0.6) is 5.75 Å². The molecule has 1 saturated heterocycles.